The number of nitrogens with zero attached hydrogens (tertiary/aromatic N) is 1. The van der Waals surface area contributed by atoms with Crippen molar-refractivity contribution in [2.24, 2.45) is 17.6 Å². The Morgan fingerprint density at radius 2 is 2.16 bits per heavy atom. The third-order valence-electron chi connectivity index (χ3n) is 3.36. The maximum absolute atomic E-state index is 12.1. The fourth-order valence-corrected chi connectivity index (χ4v) is 2.03. The Hall–Kier alpha value is -1.33. The molecule has 2 atom stereocenters. The molecule has 1 rings (SSSR count). The minimum absolute atomic E-state index is 0.0101. The topological polar surface area (TPSA) is 71.5 Å². The maximum atomic E-state index is 12.1. The molecule has 0 saturated heterocycles. The van der Waals surface area contributed by atoms with Crippen molar-refractivity contribution in [2.75, 3.05) is 27.2 Å². The number of amides is 1. The Balaban J connectivity index is 2.60. The molecule has 0 aliphatic heterocycles. The van der Waals surface area contributed by atoms with Crippen molar-refractivity contribution in [1.29, 1.82) is 0 Å². The molecule has 3 N–H and O–H groups in total. The zero-order chi connectivity index (χ0) is 14.4. The van der Waals surface area contributed by atoms with Crippen LogP contribution in [0.2, 0.25) is 0 Å². The van der Waals surface area contributed by atoms with Gasteiger partial charge in [0.1, 0.15) is 5.76 Å². The summed E-state index contributed by atoms with van der Waals surface area (Å²) >= 11 is 0. The van der Waals surface area contributed by atoms with Crippen LogP contribution in [0, 0.1) is 11.8 Å². The average Bonchev–Trinajstić information content (AvgIpc) is 2.82. The molecule has 1 aromatic heterocycles. The Labute approximate surface area is 115 Å². The number of likely N-dealkylation sites (N-methyl/N-ethyl adjacent to an activating group) is 1. The number of hydrogen-bond acceptors (Lipinski definition) is 4. The molecule has 0 saturated carbocycles. The van der Waals surface area contributed by atoms with Crippen LogP contribution in [0.15, 0.2) is 22.8 Å². The molecule has 0 spiro atoms. The molecule has 108 valence electrons. The van der Waals surface area contributed by atoms with Crippen LogP contribution < -0.4 is 11.1 Å². The second-order valence-electron chi connectivity index (χ2n) is 5.33. The van der Waals surface area contributed by atoms with E-state index in [4.69, 9.17) is 10.2 Å². The van der Waals surface area contributed by atoms with E-state index >= 15 is 0 Å². The van der Waals surface area contributed by atoms with Gasteiger partial charge in [-0.25, -0.2) is 0 Å². The van der Waals surface area contributed by atoms with Crippen LogP contribution in [0.3, 0.4) is 0 Å². The summed E-state index contributed by atoms with van der Waals surface area (Å²) in [6.07, 6.45) is 1.64. The summed E-state index contributed by atoms with van der Waals surface area (Å²) in [5, 5.41) is 2.96. The van der Waals surface area contributed by atoms with E-state index in [1.165, 1.54) is 0 Å². The standard InChI is InChI=1S/C14H25N3O2/c1-10(2)11(8-15)14(18)16-9-12(17(3)4)13-6-5-7-19-13/h5-7,10-12H,8-9,15H2,1-4H3,(H,16,18). The molecule has 0 fully saturated rings. The minimum Gasteiger partial charge on any atom is -0.468 e. The van der Waals surface area contributed by atoms with Gasteiger partial charge < -0.3 is 15.5 Å². The summed E-state index contributed by atoms with van der Waals surface area (Å²) in [6, 6.07) is 3.80. The smallest absolute Gasteiger partial charge is 0.224 e. The molecular weight excluding hydrogens is 242 g/mol. The molecule has 19 heavy (non-hydrogen) atoms. The molecular formula is C14H25N3O2. The highest BCUT2D eigenvalue weighted by atomic mass is 16.3. The normalized spacial score (nSPS) is 14.7. The van der Waals surface area contributed by atoms with Crippen LogP contribution in [-0.4, -0.2) is 38.0 Å². The van der Waals surface area contributed by atoms with E-state index in [2.05, 4.69) is 5.32 Å². The predicted octanol–water partition coefficient (Wildman–Crippen LogP) is 1.23. The molecule has 5 heteroatoms. The second kappa shape index (κ2) is 7.31. The third kappa shape index (κ3) is 4.36. The Morgan fingerprint density at radius 3 is 2.58 bits per heavy atom. The first kappa shape index (κ1) is 15.7. The minimum atomic E-state index is -0.139. The molecule has 1 aromatic rings. The van der Waals surface area contributed by atoms with Gasteiger partial charge in [0.2, 0.25) is 5.91 Å². The van der Waals surface area contributed by atoms with E-state index in [9.17, 15) is 4.79 Å². The fraction of sp³-hybridized carbons (Fsp3) is 0.643. The molecule has 0 bridgehead atoms. The zero-order valence-corrected chi connectivity index (χ0v) is 12.2. The number of carbonyl (C=O) groups is 1. The predicted molar refractivity (Wildman–Crippen MR) is 75.5 cm³/mol. The summed E-state index contributed by atoms with van der Waals surface area (Å²) in [6.45, 7) is 4.90. The lowest BCUT2D eigenvalue weighted by Gasteiger charge is -2.24. The first-order chi connectivity index (χ1) is 8.97. The lowest BCUT2D eigenvalue weighted by atomic mass is 9.95. The molecule has 0 aromatic carbocycles. The van der Waals surface area contributed by atoms with E-state index in [-0.39, 0.29) is 23.8 Å². The van der Waals surface area contributed by atoms with Gasteiger partial charge >= 0.3 is 0 Å². The lowest BCUT2D eigenvalue weighted by Crippen LogP contribution is -2.41. The van der Waals surface area contributed by atoms with Gasteiger partial charge in [-0.3, -0.25) is 9.69 Å². The van der Waals surface area contributed by atoms with E-state index in [1.807, 2.05) is 45.0 Å². The Bertz CT molecular complexity index is 374. The molecule has 5 nitrogen and oxygen atoms in total. The third-order valence-corrected chi connectivity index (χ3v) is 3.36. The van der Waals surface area contributed by atoms with Gasteiger partial charge in [0.25, 0.3) is 0 Å². The van der Waals surface area contributed by atoms with Crippen LogP contribution >= 0.6 is 0 Å². The molecule has 0 aliphatic carbocycles. The Morgan fingerprint density at radius 1 is 1.47 bits per heavy atom. The number of hydrogen-bond donors (Lipinski definition) is 2. The summed E-state index contributed by atoms with van der Waals surface area (Å²) in [5.41, 5.74) is 5.65. The SMILES string of the molecule is CC(C)C(CN)C(=O)NCC(c1ccco1)N(C)C. The average molecular weight is 267 g/mol. The van der Waals surface area contributed by atoms with Crippen LogP contribution in [-0.2, 0) is 4.79 Å². The van der Waals surface area contributed by atoms with Crippen molar-refractivity contribution in [1.82, 2.24) is 10.2 Å². The number of furan rings is 1. The van der Waals surface area contributed by atoms with Crippen LogP contribution in [0.25, 0.3) is 0 Å². The van der Waals surface area contributed by atoms with Gasteiger partial charge in [0.15, 0.2) is 0 Å². The second-order valence-corrected chi connectivity index (χ2v) is 5.33. The van der Waals surface area contributed by atoms with Crippen LogP contribution in [0.5, 0.6) is 0 Å². The van der Waals surface area contributed by atoms with Gasteiger partial charge in [-0.2, -0.15) is 0 Å². The van der Waals surface area contributed by atoms with Crippen LogP contribution in [0.1, 0.15) is 25.6 Å². The summed E-state index contributed by atoms with van der Waals surface area (Å²) < 4.78 is 5.41. The highest BCUT2D eigenvalue weighted by Crippen LogP contribution is 2.18. The van der Waals surface area contributed by atoms with Crippen molar-refractivity contribution in [3.8, 4) is 0 Å². The van der Waals surface area contributed by atoms with Crippen molar-refractivity contribution >= 4 is 5.91 Å². The maximum Gasteiger partial charge on any atom is 0.224 e. The van der Waals surface area contributed by atoms with Gasteiger partial charge in [0.05, 0.1) is 18.2 Å². The molecule has 1 heterocycles. The highest BCUT2D eigenvalue weighted by molar-refractivity contribution is 5.79. The van der Waals surface area contributed by atoms with Crippen molar-refractivity contribution in [3.05, 3.63) is 24.2 Å². The Kier molecular flexibility index (Phi) is 6.05. The number of nitrogens with two attached hydrogens (primary N) is 1. The quantitative estimate of drug-likeness (QED) is 0.779. The lowest BCUT2D eigenvalue weighted by molar-refractivity contribution is -0.126. The van der Waals surface area contributed by atoms with Crippen molar-refractivity contribution in [3.63, 3.8) is 0 Å². The molecule has 1 amide bonds. The monoisotopic (exact) mass is 267 g/mol. The fourth-order valence-electron chi connectivity index (χ4n) is 2.03. The van der Waals surface area contributed by atoms with Crippen LogP contribution in [0.4, 0.5) is 0 Å². The highest BCUT2D eigenvalue weighted by Gasteiger charge is 2.23. The molecule has 0 aliphatic rings. The van der Waals surface area contributed by atoms with E-state index in [0.717, 1.165) is 5.76 Å². The number of rotatable bonds is 7. The van der Waals surface area contributed by atoms with Crippen molar-refractivity contribution < 1.29 is 9.21 Å². The first-order valence-electron chi connectivity index (χ1n) is 6.65. The van der Waals surface area contributed by atoms with E-state index < -0.39 is 0 Å². The molecule has 0 radical (unpaired) electrons. The summed E-state index contributed by atoms with van der Waals surface area (Å²) in [7, 11) is 3.92. The van der Waals surface area contributed by atoms with Gasteiger partial charge in [-0.15, -0.1) is 0 Å². The van der Waals surface area contributed by atoms with E-state index in [0.29, 0.717) is 13.1 Å². The summed E-state index contributed by atoms with van der Waals surface area (Å²) in [4.78, 5) is 14.1. The van der Waals surface area contributed by atoms with Gasteiger partial charge in [0, 0.05) is 13.1 Å². The molecule has 2 unspecified atom stereocenters. The van der Waals surface area contributed by atoms with Gasteiger partial charge in [-0.05, 0) is 32.1 Å². The largest absolute Gasteiger partial charge is 0.468 e. The number of nitrogens with one attached hydrogen (secondary N) is 1. The van der Waals surface area contributed by atoms with Crippen molar-refractivity contribution in [2.45, 2.75) is 19.9 Å². The number of carbonyl (C=O) groups excluding carboxylic acids is 1. The summed E-state index contributed by atoms with van der Waals surface area (Å²) in [5.74, 6) is 0.959. The zero-order valence-electron chi connectivity index (χ0n) is 12.2. The first-order valence-corrected chi connectivity index (χ1v) is 6.65. The van der Waals surface area contributed by atoms with Gasteiger partial charge in [-0.1, -0.05) is 13.8 Å². The van der Waals surface area contributed by atoms with E-state index in [1.54, 1.807) is 6.26 Å².